The zero-order valence-electron chi connectivity index (χ0n) is 10.2. The van der Waals surface area contributed by atoms with Crippen LogP contribution < -0.4 is 0 Å². The van der Waals surface area contributed by atoms with E-state index in [1.54, 1.807) is 0 Å². The molecule has 18 heavy (non-hydrogen) atoms. The van der Waals surface area contributed by atoms with Crippen molar-refractivity contribution in [3.05, 3.63) is 35.9 Å². The van der Waals surface area contributed by atoms with Crippen LogP contribution in [-0.4, -0.2) is 28.4 Å². The first-order valence-electron chi connectivity index (χ1n) is 6.24. The molecule has 0 radical (unpaired) electrons. The molecule has 1 saturated heterocycles. The van der Waals surface area contributed by atoms with Crippen LogP contribution in [0.1, 0.15) is 37.3 Å². The molecular formula is C14H17NO3. The van der Waals surface area contributed by atoms with Crippen molar-refractivity contribution in [2.75, 3.05) is 6.54 Å². The molecule has 1 aliphatic heterocycles. The van der Waals surface area contributed by atoms with Gasteiger partial charge < -0.3 is 10.0 Å². The van der Waals surface area contributed by atoms with E-state index in [2.05, 4.69) is 0 Å². The first kappa shape index (κ1) is 12.6. The molecule has 0 aromatic heterocycles. The van der Waals surface area contributed by atoms with Gasteiger partial charge in [0, 0.05) is 13.0 Å². The summed E-state index contributed by atoms with van der Waals surface area (Å²) in [6.45, 7) is 0.734. The predicted molar refractivity (Wildman–Crippen MR) is 67.0 cm³/mol. The van der Waals surface area contributed by atoms with E-state index in [-0.39, 0.29) is 24.8 Å². The lowest BCUT2D eigenvalue weighted by Gasteiger charge is -2.25. The van der Waals surface area contributed by atoms with E-state index >= 15 is 0 Å². The van der Waals surface area contributed by atoms with E-state index in [0.717, 1.165) is 24.9 Å². The van der Waals surface area contributed by atoms with E-state index in [9.17, 15) is 9.59 Å². The molecule has 4 heteroatoms. The normalized spacial score (nSPS) is 18.9. The zero-order valence-corrected chi connectivity index (χ0v) is 10.2. The van der Waals surface area contributed by atoms with Gasteiger partial charge in [0.2, 0.25) is 5.91 Å². The number of nitrogens with zero attached hydrogens (tertiary/aromatic N) is 1. The molecule has 1 heterocycles. The third kappa shape index (κ3) is 2.88. The van der Waals surface area contributed by atoms with Crippen LogP contribution >= 0.6 is 0 Å². The van der Waals surface area contributed by atoms with Crippen molar-refractivity contribution < 1.29 is 14.7 Å². The molecule has 1 fully saturated rings. The van der Waals surface area contributed by atoms with Crippen LogP contribution in [0.4, 0.5) is 0 Å². The second-order valence-electron chi connectivity index (χ2n) is 4.55. The van der Waals surface area contributed by atoms with Crippen LogP contribution in [-0.2, 0) is 9.59 Å². The summed E-state index contributed by atoms with van der Waals surface area (Å²) < 4.78 is 0. The smallest absolute Gasteiger partial charge is 0.303 e. The van der Waals surface area contributed by atoms with Gasteiger partial charge in [-0.2, -0.15) is 0 Å². The third-order valence-corrected chi connectivity index (χ3v) is 3.31. The standard InChI is InChI=1S/C14H17NO3/c16-13(8-9-14(17)18)15-10-4-7-12(15)11-5-2-1-3-6-11/h1-3,5-6,12H,4,7-10H2,(H,17,18). The van der Waals surface area contributed by atoms with Gasteiger partial charge in [-0.1, -0.05) is 30.3 Å². The minimum Gasteiger partial charge on any atom is -0.481 e. The van der Waals surface area contributed by atoms with E-state index in [1.165, 1.54) is 0 Å². The predicted octanol–water partition coefficient (Wildman–Crippen LogP) is 2.21. The number of benzene rings is 1. The second-order valence-corrected chi connectivity index (χ2v) is 4.55. The lowest BCUT2D eigenvalue weighted by molar-refractivity contribution is -0.141. The average Bonchev–Trinajstić information content (AvgIpc) is 2.86. The molecule has 1 amide bonds. The molecule has 1 atom stereocenters. The zero-order chi connectivity index (χ0) is 13.0. The van der Waals surface area contributed by atoms with Gasteiger partial charge in [-0.15, -0.1) is 0 Å². The number of amides is 1. The third-order valence-electron chi connectivity index (χ3n) is 3.31. The molecular weight excluding hydrogens is 230 g/mol. The minimum absolute atomic E-state index is 0.0521. The molecule has 2 rings (SSSR count). The van der Waals surface area contributed by atoms with Crippen molar-refractivity contribution >= 4 is 11.9 Å². The number of aliphatic carboxylic acids is 1. The van der Waals surface area contributed by atoms with Gasteiger partial charge in [-0.05, 0) is 18.4 Å². The van der Waals surface area contributed by atoms with Crippen molar-refractivity contribution in [1.82, 2.24) is 4.90 Å². The molecule has 1 unspecified atom stereocenters. The summed E-state index contributed by atoms with van der Waals surface area (Å²) in [4.78, 5) is 24.3. The number of carbonyl (C=O) groups excluding carboxylic acids is 1. The highest BCUT2D eigenvalue weighted by atomic mass is 16.4. The van der Waals surface area contributed by atoms with Crippen molar-refractivity contribution in [1.29, 1.82) is 0 Å². The molecule has 0 aliphatic carbocycles. The Bertz CT molecular complexity index is 430. The van der Waals surface area contributed by atoms with Crippen LogP contribution in [0.25, 0.3) is 0 Å². The maximum Gasteiger partial charge on any atom is 0.303 e. The fourth-order valence-electron chi connectivity index (χ4n) is 2.44. The molecule has 1 aromatic carbocycles. The van der Waals surface area contributed by atoms with Gasteiger partial charge in [0.05, 0.1) is 12.5 Å². The number of carbonyl (C=O) groups is 2. The average molecular weight is 247 g/mol. The molecule has 1 N–H and O–H groups in total. The van der Waals surface area contributed by atoms with E-state index in [4.69, 9.17) is 5.11 Å². The minimum atomic E-state index is -0.918. The molecule has 96 valence electrons. The van der Waals surface area contributed by atoms with Gasteiger partial charge in [0.25, 0.3) is 0 Å². The lowest BCUT2D eigenvalue weighted by atomic mass is 10.0. The second kappa shape index (κ2) is 5.67. The first-order chi connectivity index (χ1) is 8.68. The highest BCUT2D eigenvalue weighted by Crippen LogP contribution is 2.32. The van der Waals surface area contributed by atoms with E-state index < -0.39 is 5.97 Å². The van der Waals surface area contributed by atoms with Crippen molar-refractivity contribution in [2.24, 2.45) is 0 Å². The highest BCUT2D eigenvalue weighted by Gasteiger charge is 2.29. The Balaban J connectivity index is 2.03. The lowest BCUT2D eigenvalue weighted by Crippen LogP contribution is -2.30. The van der Waals surface area contributed by atoms with Crippen LogP contribution in [0.2, 0.25) is 0 Å². The Morgan fingerprint density at radius 3 is 2.61 bits per heavy atom. The van der Waals surface area contributed by atoms with Crippen LogP contribution in [0.3, 0.4) is 0 Å². The number of rotatable bonds is 4. The van der Waals surface area contributed by atoms with Crippen molar-refractivity contribution in [2.45, 2.75) is 31.7 Å². The van der Waals surface area contributed by atoms with Crippen LogP contribution in [0.5, 0.6) is 0 Å². The summed E-state index contributed by atoms with van der Waals surface area (Å²) in [5.41, 5.74) is 1.14. The summed E-state index contributed by atoms with van der Waals surface area (Å²) in [6.07, 6.45) is 1.96. The maximum absolute atomic E-state index is 12.0. The SMILES string of the molecule is O=C(O)CCC(=O)N1CCCC1c1ccccc1. The number of carboxylic acids is 1. The van der Waals surface area contributed by atoms with Crippen LogP contribution in [0.15, 0.2) is 30.3 Å². The fourth-order valence-corrected chi connectivity index (χ4v) is 2.44. The van der Waals surface area contributed by atoms with Gasteiger partial charge >= 0.3 is 5.97 Å². The largest absolute Gasteiger partial charge is 0.481 e. The Kier molecular flexibility index (Phi) is 3.97. The number of hydrogen-bond acceptors (Lipinski definition) is 2. The van der Waals surface area contributed by atoms with Gasteiger partial charge in [-0.3, -0.25) is 9.59 Å². The van der Waals surface area contributed by atoms with E-state index in [1.807, 2.05) is 35.2 Å². The molecule has 1 aliphatic rings. The van der Waals surface area contributed by atoms with Gasteiger partial charge in [-0.25, -0.2) is 0 Å². The molecule has 1 aromatic rings. The number of likely N-dealkylation sites (tertiary alicyclic amines) is 1. The quantitative estimate of drug-likeness (QED) is 0.887. The highest BCUT2D eigenvalue weighted by molar-refractivity contribution is 5.81. The van der Waals surface area contributed by atoms with E-state index in [0.29, 0.717) is 0 Å². The summed E-state index contributed by atoms with van der Waals surface area (Å²) >= 11 is 0. The van der Waals surface area contributed by atoms with Gasteiger partial charge in [0.15, 0.2) is 0 Å². The van der Waals surface area contributed by atoms with Gasteiger partial charge in [0.1, 0.15) is 0 Å². The molecule has 0 bridgehead atoms. The fraction of sp³-hybridized carbons (Fsp3) is 0.429. The summed E-state index contributed by atoms with van der Waals surface area (Å²) in [7, 11) is 0. The summed E-state index contributed by atoms with van der Waals surface area (Å²) in [5, 5.41) is 8.62. The molecule has 4 nitrogen and oxygen atoms in total. The van der Waals surface area contributed by atoms with Crippen molar-refractivity contribution in [3.8, 4) is 0 Å². The Hall–Kier alpha value is -1.84. The number of carboxylic acid groups (broad SMARTS) is 1. The Labute approximate surface area is 106 Å². The summed E-state index contributed by atoms with van der Waals surface area (Å²) in [6, 6.07) is 10.0. The monoisotopic (exact) mass is 247 g/mol. The summed E-state index contributed by atoms with van der Waals surface area (Å²) in [5.74, 6) is -0.970. The first-order valence-corrected chi connectivity index (χ1v) is 6.24. The Morgan fingerprint density at radius 2 is 1.94 bits per heavy atom. The molecule has 0 spiro atoms. The maximum atomic E-state index is 12.0. The Morgan fingerprint density at radius 1 is 1.22 bits per heavy atom. The molecule has 0 saturated carbocycles. The number of hydrogen-bond donors (Lipinski definition) is 1. The van der Waals surface area contributed by atoms with Crippen molar-refractivity contribution in [3.63, 3.8) is 0 Å². The van der Waals surface area contributed by atoms with Crippen LogP contribution in [0, 0.1) is 0 Å². The topological polar surface area (TPSA) is 57.6 Å².